The van der Waals surface area contributed by atoms with Crippen LogP contribution in [0.25, 0.3) is 21.9 Å². The topological polar surface area (TPSA) is 0 Å². The summed E-state index contributed by atoms with van der Waals surface area (Å²) >= 11 is -3.27. The summed E-state index contributed by atoms with van der Waals surface area (Å²) in [6.45, 7) is 13.6. The van der Waals surface area contributed by atoms with Gasteiger partial charge in [-0.3, -0.25) is 0 Å². The van der Waals surface area contributed by atoms with Gasteiger partial charge in [0, 0.05) is 0 Å². The third-order valence-electron chi connectivity index (χ3n) is 9.91. The Morgan fingerprint density at radius 1 is 0.660 bits per heavy atom. The molecule has 0 aliphatic heterocycles. The first-order valence-electron chi connectivity index (χ1n) is 16.8. The molecule has 0 unspecified atom stereocenters. The SMILES string of the molecule is CC(C)(C)c1ccc2c(c1)Cc1c-2ccc(C(C)(C)C)[c]1[Zr+2](=[C](c1cccc(C(F)(F)F)c1)c1cccc2ccccc12)[CH]1C=CC=C1.[Cl-].[Cl-]. The Labute approximate surface area is 314 Å². The van der Waals surface area contributed by atoms with Crippen LogP contribution in [0, 0.1) is 0 Å². The van der Waals surface area contributed by atoms with Crippen molar-refractivity contribution in [2.45, 2.75) is 68.6 Å². The van der Waals surface area contributed by atoms with E-state index in [1.165, 1.54) is 48.8 Å². The molecule has 2 aliphatic rings. The summed E-state index contributed by atoms with van der Waals surface area (Å²) in [6.07, 6.45) is 5.26. The molecule has 0 atom stereocenters. The van der Waals surface area contributed by atoms with E-state index >= 15 is 0 Å². The minimum atomic E-state index is -4.44. The first kappa shape index (κ1) is 38.2. The molecular weight excluding hydrogens is 748 g/mol. The minimum Gasteiger partial charge on any atom is -1.00 e. The number of alkyl halides is 3. The Morgan fingerprint density at radius 3 is 2.00 bits per heavy atom. The molecule has 0 saturated carbocycles. The molecule has 6 heteroatoms. The van der Waals surface area contributed by atoms with Crippen LogP contribution in [-0.4, -0.2) is 3.21 Å². The van der Waals surface area contributed by atoms with Crippen molar-refractivity contribution < 1.29 is 59.3 Å². The number of allylic oxidation sites excluding steroid dienone is 4. The summed E-state index contributed by atoms with van der Waals surface area (Å²) in [5.41, 5.74) is 8.92. The van der Waals surface area contributed by atoms with Crippen molar-refractivity contribution >= 4 is 17.2 Å². The van der Waals surface area contributed by atoms with Crippen molar-refractivity contribution in [1.82, 2.24) is 0 Å². The van der Waals surface area contributed by atoms with Gasteiger partial charge in [0.1, 0.15) is 0 Å². The maximum atomic E-state index is 14.4. The number of benzene rings is 5. The average molecular weight is 789 g/mol. The minimum absolute atomic E-state index is 0. The molecule has 7 rings (SSSR count). The molecule has 2 aliphatic carbocycles. The van der Waals surface area contributed by atoms with Crippen LogP contribution in [0.15, 0.2) is 121 Å². The van der Waals surface area contributed by atoms with Crippen molar-refractivity contribution in [3.05, 3.63) is 160 Å². The summed E-state index contributed by atoms with van der Waals surface area (Å²) in [5, 5.41) is 2.18. The quantitative estimate of drug-likeness (QED) is 0.223. The van der Waals surface area contributed by atoms with Gasteiger partial charge in [-0.2, -0.15) is 0 Å². The van der Waals surface area contributed by atoms with Crippen LogP contribution >= 0.6 is 0 Å². The molecule has 0 N–H and O–H groups in total. The normalized spacial score (nSPS) is 14.2. The van der Waals surface area contributed by atoms with Crippen LogP contribution in [0.2, 0.25) is 3.63 Å². The molecule has 0 amide bonds. The Balaban J connectivity index is 0.00000243. The second kappa shape index (κ2) is 14.2. The Bertz CT molecular complexity index is 2160. The predicted octanol–water partition coefficient (Wildman–Crippen LogP) is 5.46. The summed E-state index contributed by atoms with van der Waals surface area (Å²) in [6, 6.07) is 32.3. The van der Waals surface area contributed by atoms with Gasteiger partial charge in [0.25, 0.3) is 0 Å². The maximum absolute atomic E-state index is 14.4. The number of fused-ring (bicyclic) bond motifs is 4. The van der Waals surface area contributed by atoms with E-state index < -0.39 is 33.0 Å². The molecule has 0 fully saturated rings. The third-order valence-corrected chi connectivity index (χ3v) is 17.9. The summed E-state index contributed by atoms with van der Waals surface area (Å²) in [7, 11) is 0. The molecule has 0 spiro atoms. The number of halogens is 5. The second-order valence-electron chi connectivity index (χ2n) is 15.3. The fraction of sp³-hybridized carbons (Fsp3) is 0.250. The largest absolute Gasteiger partial charge is 1.00 e. The number of hydrogen-bond acceptors (Lipinski definition) is 0. The maximum Gasteiger partial charge on any atom is -1.00 e. The van der Waals surface area contributed by atoms with Gasteiger partial charge in [-0.25, -0.2) is 0 Å². The van der Waals surface area contributed by atoms with Crippen molar-refractivity contribution in [3.63, 3.8) is 0 Å². The molecule has 0 nitrogen and oxygen atoms in total. The Kier molecular flexibility index (Phi) is 10.8. The average Bonchev–Trinajstić information content (AvgIpc) is 3.70. The van der Waals surface area contributed by atoms with E-state index in [2.05, 4.69) is 127 Å². The van der Waals surface area contributed by atoms with Gasteiger partial charge in [0.2, 0.25) is 0 Å². The molecule has 0 aromatic heterocycles. The van der Waals surface area contributed by atoms with Gasteiger partial charge in [0.15, 0.2) is 0 Å². The van der Waals surface area contributed by atoms with Gasteiger partial charge < -0.3 is 24.8 Å². The van der Waals surface area contributed by atoms with Crippen LogP contribution in [0.3, 0.4) is 0 Å². The molecule has 0 radical (unpaired) electrons. The molecule has 0 heterocycles. The number of hydrogen-bond donors (Lipinski definition) is 0. The predicted molar refractivity (Wildman–Crippen MR) is 192 cm³/mol. The van der Waals surface area contributed by atoms with E-state index in [0.29, 0.717) is 5.56 Å². The van der Waals surface area contributed by atoms with E-state index in [0.717, 1.165) is 26.0 Å². The van der Waals surface area contributed by atoms with E-state index in [4.69, 9.17) is 0 Å². The van der Waals surface area contributed by atoms with Gasteiger partial charge in [-0.15, -0.1) is 0 Å². The Morgan fingerprint density at radius 2 is 1.32 bits per heavy atom. The van der Waals surface area contributed by atoms with Gasteiger partial charge in [-0.05, 0) is 0 Å². The van der Waals surface area contributed by atoms with Crippen LogP contribution < -0.4 is 28.1 Å². The van der Waals surface area contributed by atoms with Crippen molar-refractivity contribution in [2.75, 3.05) is 0 Å². The third kappa shape index (κ3) is 7.06. The van der Waals surface area contributed by atoms with E-state index in [1.54, 1.807) is 6.07 Å². The standard InChI is InChI=1S/C21H25.C18H11F3.C5H5.2ClH.Zr/c1-20(2,3)16-7-9-18-14(12-16)11-15-13-17(21(4,5)6)8-10-19(15)18;19-18(20,21)16-9-3-5-13(12-16)11-15-8-4-7-14-6-1-2-10-17(14)15;1-2-4-5-3-1;;;/h7-10,12H,11H2,1-6H3;1-10,12H;1-5H;2*1H;/q;;;;;+2/p-2. The van der Waals surface area contributed by atoms with Gasteiger partial charge in [0.05, 0.1) is 0 Å². The van der Waals surface area contributed by atoms with Gasteiger partial charge >= 0.3 is 292 Å². The monoisotopic (exact) mass is 786 g/mol. The fourth-order valence-corrected chi connectivity index (χ4v) is 16.8. The van der Waals surface area contributed by atoms with E-state index in [9.17, 15) is 13.2 Å². The van der Waals surface area contributed by atoms with Crippen molar-refractivity contribution in [1.29, 1.82) is 0 Å². The zero-order chi connectivity index (χ0) is 34.0. The second-order valence-corrected chi connectivity index (χ2v) is 21.4. The summed E-state index contributed by atoms with van der Waals surface area (Å²) < 4.78 is 45.8. The molecule has 5 aromatic carbocycles. The van der Waals surface area contributed by atoms with E-state index in [-0.39, 0.29) is 39.3 Å². The first-order chi connectivity index (χ1) is 22.7. The number of rotatable bonds is 4. The molecule has 256 valence electrons. The molecule has 0 bridgehead atoms. The summed E-state index contributed by atoms with van der Waals surface area (Å²) in [5.74, 6) is 0. The molecule has 50 heavy (non-hydrogen) atoms. The van der Waals surface area contributed by atoms with Crippen molar-refractivity contribution in [2.24, 2.45) is 0 Å². The van der Waals surface area contributed by atoms with E-state index in [1.807, 2.05) is 18.2 Å². The fourth-order valence-electron chi connectivity index (χ4n) is 7.51. The van der Waals surface area contributed by atoms with Crippen LogP contribution in [-0.2, 0) is 44.7 Å². The zero-order valence-corrected chi connectivity index (χ0v) is 33.2. The van der Waals surface area contributed by atoms with Gasteiger partial charge in [-0.1, -0.05) is 0 Å². The van der Waals surface area contributed by atoms with Crippen LogP contribution in [0.4, 0.5) is 13.2 Å². The zero-order valence-electron chi connectivity index (χ0n) is 29.2. The molecule has 0 saturated heterocycles. The Hall–Kier alpha value is -3.04. The summed E-state index contributed by atoms with van der Waals surface area (Å²) in [4.78, 5) is 0. The van der Waals surface area contributed by atoms with Crippen LogP contribution in [0.1, 0.15) is 80.5 Å². The molecular formula is C44H41Cl2F3Zr. The van der Waals surface area contributed by atoms with Crippen LogP contribution in [0.5, 0.6) is 0 Å². The van der Waals surface area contributed by atoms with Crippen molar-refractivity contribution in [3.8, 4) is 11.1 Å². The smallest absolute Gasteiger partial charge is 1.00 e. The molecule has 5 aromatic rings. The first-order valence-corrected chi connectivity index (χ1v) is 20.6.